The zero-order valence-corrected chi connectivity index (χ0v) is 12.2. The summed E-state index contributed by atoms with van der Waals surface area (Å²) in [6, 6.07) is 1.48. The predicted octanol–water partition coefficient (Wildman–Crippen LogP) is 0.779. The van der Waals surface area contributed by atoms with Crippen molar-refractivity contribution in [3.8, 4) is 0 Å². The van der Waals surface area contributed by atoms with Gasteiger partial charge in [-0.25, -0.2) is 0 Å². The summed E-state index contributed by atoms with van der Waals surface area (Å²) < 4.78 is 5.79. The standard InChI is InChI=1S/C14H29N3O/c1-4-17-7-8-18-14(11-17)10-15-9-12(2)16(3)13-5-6-13/h12-15H,4-11H2,1-3H3. The fourth-order valence-electron chi connectivity index (χ4n) is 2.63. The molecular formula is C14H29N3O. The van der Waals surface area contributed by atoms with Gasteiger partial charge in [-0.1, -0.05) is 6.92 Å². The summed E-state index contributed by atoms with van der Waals surface area (Å²) in [4.78, 5) is 4.97. The number of rotatable bonds is 7. The minimum absolute atomic E-state index is 0.372. The SMILES string of the molecule is CCN1CCOC(CNCC(C)N(C)C2CC2)C1. The molecule has 0 aromatic heterocycles. The first-order valence-electron chi connectivity index (χ1n) is 7.47. The van der Waals surface area contributed by atoms with Crippen LogP contribution in [0.1, 0.15) is 26.7 Å². The molecule has 1 aliphatic carbocycles. The normalized spacial score (nSPS) is 27.7. The van der Waals surface area contributed by atoms with E-state index in [-0.39, 0.29) is 0 Å². The molecule has 0 bridgehead atoms. The smallest absolute Gasteiger partial charge is 0.0826 e. The van der Waals surface area contributed by atoms with Gasteiger partial charge >= 0.3 is 0 Å². The molecule has 0 amide bonds. The fourth-order valence-corrected chi connectivity index (χ4v) is 2.63. The van der Waals surface area contributed by atoms with E-state index in [0.29, 0.717) is 12.1 Å². The lowest BCUT2D eigenvalue weighted by Crippen LogP contribution is -2.48. The Labute approximate surface area is 112 Å². The van der Waals surface area contributed by atoms with Crippen molar-refractivity contribution in [3.05, 3.63) is 0 Å². The zero-order valence-electron chi connectivity index (χ0n) is 12.2. The molecule has 1 heterocycles. The number of ether oxygens (including phenoxy) is 1. The molecule has 1 saturated heterocycles. The van der Waals surface area contributed by atoms with Gasteiger partial charge in [0.25, 0.3) is 0 Å². The van der Waals surface area contributed by atoms with E-state index < -0.39 is 0 Å². The zero-order chi connectivity index (χ0) is 13.0. The van der Waals surface area contributed by atoms with Crippen LogP contribution in [0.4, 0.5) is 0 Å². The summed E-state index contributed by atoms with van der Waals surface area (Å²) in [6.45, 7) is 10.8. The van der Waals surface area contributed by atoms with Crippen LogP contribution in [0.5, 0.6) is 0 Å². The third kappa shape index (κ3) is 4.19. The summed E-state index contributed by atoms with van der Waals surface area (Å²) in [5.41, 5.74) is 0. The highest BCUT2D eigenvalue weighted by Crippen LogP contribution is 2.26. The highest BCUT2D eigenvalue weighted by Gasteiger charge is 2.29. The largest absolute Gasteiger partial charge is 0.374 e. The molecular weight excluding hydrogens is 226 g/mol. The first kappa shape index (κ1) is 14.3. The Morgan fingerprint density at radius 3 is 2.89 bits per heavy atom. The number of hydrogen-bond donors (Lipinski definition) is 1. The molecule has 4 nitrogen and oxygen atoms in total. The second-order valence-electron chi connectivity index (χ2n) is 5.79. The van der Waals surface area contributed by atoms with E-state index in [1.807, 2.05) is 0 Å². The average Bonchev–Trinajstić information content (AvgIpc) is 3.22. The van der Waals surface area contributed by atoms with Crippen molar-refractivity contribution in [1.29, 1.82) is 0 Å². The molecule has 0 spiro atoms. The van der Waals surface area contributed by atoms with Gasteiger partial charge in [0.1, 0.15) is 0 Å². The average molecular weight is 255 g/mol. The number of nitrogens with one attached hydrogen (secondary N) is 1. The van der Waals surface area contributed by atoms with E-state index in [2.05, 4.69) is 36.0 Å². The molecule has 18 heavy (non-hydrogen) atoms. The Balaban J connectivity index is 1.59. The predicted molar refractivity (Wildman–Crippen MR) is 75.0 cm³/mol. The van der Waals surface area contributed by atoms with E-state index in [1.54, 1.807) is 0 Å². The lowest BCUT2D eigenvalue weighted by molar-refractivity contribution is -0.0256. The molecule has 0 aromatic rings. The minimum atomic E-state index is 0.372. The topological polar surface area (TPSA) is 27.7 Å². The van der Waals surface area contributed by atoms with Crippen molar-refractivity contribution < 1.29 is 4.74 Å². The van der Waals surface area contributed by atoms with Gasteiger partial charge in [0.15, 0.2) is 0 Å². The van der Waals surface area contributed by atoms with Crippen molar-refractivity contribution in [2.45, 2.75) is 44.9 Å². The molecule has 2 unspecified atom stereocenters. The van der Waals surface area contributed by atoms with Crippen molar-refractivity contribution in [3.63, 3.8) is 0 Å². The van der Waals surface area contributed by atoms with Crippen LogP contribution in [0.2, 0.25) is 0 Å². The van der Waals surface area contributed by atoms with Crippen LogP contribution < -0.4 is 5.32 Å². The molecule has 0 radical (unpaired) electrons. The van der Waals surface area contributed by atoms with Crippen LogP contribution in [-0.2, 0) is 4.74 Å². The fraction of sp³-hybridized carbons (Fsp3) is 1.00. The summed E-state index contributed by atoms with van der Waals surface area (Å²) in [5.74, 6) is 0. The lowest BCUT2D eigenvalue weighted by atomic mass is 10.2. The molecule has 1 N–H and O–H groups in total. The van der Waals surface area contributed by atoms with Crippen LogP contribution in [0.3, 0.4) is 0 Å². The monoisotopic (exact) mass is 255 g/mol. The first-order chi connectivity index (χ1) is 8.70. The molecule has 1 saturated carbocycles. The highest BCUT2D eigenvalue weighted by molar-refractivity contribution is 4.86. The van der Waals surface area contributed by atoms with Crippen molar-refractivity contribution in [2.75, 3.05) is 46.4 Å². The van der Waals surface area contributed by atoms with E-state index >= 15 is 0 Å². The molecule has 2 fully saturated rings. The van der Waals surface area contributed by atoms with Gasteiger partial charge in [0.05, 0.1) is 12.7 Å². The molecule has 2 aliphatic rings. The number of morpholine rings is 1. The molecule has 4 heteroatoms. The molecule has 2 atom stereocenters. The van der Waals surface area contributed by atoms with E-state index in [1.165, 1.54) is 12.8 Å². The third-order valence-electron chi connectivity index (χ3n) is 4.30. The van der Waals surface area contributed by atoms with Crippen molar-refractivity contribution in [1.82, 2.24) is 15.1 Å². The van der Waals surface area contributed by atoms with Gasteiger partial charge < -0.3 is 10.1 Å². The number of nitrogens with zero attached hydrogens (tertiary/aromatic N) is 2. The maximum atomic E-state index is 5.79. The van der Waals surface area contributed by atoms with E-state index in [0.717, 1.165) is 45.4 Å². The number of hydrogen-bond acceptors (Lipinski definition) is 4. The second-order valence-corrected chi connectivity index (χ2v) is 5.79. The maximum absolute atomic E-state index is 5.79. The summed E-state index contributed by atoms with van der Waals surface area (Å²) in [5, 5.41) is 3.57. The Hall–Kier alpha value is -0.160. The Bertz CT molecular complexity index is 245. The summed E-state index contributed by atoms with van der Waals surface area (Å²) in [6.07, 6.45) is 3.15. The summed E-state index contributed by atoms with van der Waals surface area (Å²) in [7, 11) is 2.25. The van der Waals surface area contributed by atoms with Gasteiger partial charge in [0.2, 0.25) is 0 Å². The van der Waals surface area contributed by atoms with Crippen LogP contribution in [-0.4, -0.2) is 74.4 Å². The Morgan fingerprint density at radius 2 is 2.22 bits per heavy atom. The van der Waals surface area contributed by atoms with Gasteiger partial charge in [0, 0.05) is 38.3 Å². The van der Waals surface area contributed by atoms with Gasteiger partial charge in [-0.15, -0.1) is 0 Å². The van der Waals surface area contributed by atoms with Gasteiger partial charge in [-0.2, -0.15) is 0 Å². The molecule has 0 aromatic carbocycles. The minimum Gasteiger partial charge on any atom is -0.374 e. The van der Waals surface area contributed by atoms with E-state index in [9.17, 15) is 0 Å². The van der Waals surface area contributed by atoms with Gasteiger partial charge in [-0.3, -0.25) is 9.80 Å². The second kappa shape index (κ2) is 6.85. The van der Waals surface area contributed by atoms with Gasteiger partial charge in [-0.05, 0) is 33.4 Å². The van der Waals surface area contributed by atoms with Crippen LogP contribution in [0.15, 0.2) is 0 Å². The quantitative estimate of drug-likeness (QED) is 0.727. The highest BCUT2D eigenvalue weighted by atomic mass is 16.5. The molecule has 106 valence electrons. The van der Waals surface area contributed by atoms with E-state index in [4.69, 9.17) is 4.74 Å². The summed E-state index contributed by atoms with van der Waals surface area (Å²) >= 11 is 0. The van der Waals surface area contributed by atoms with Crippen LogP contribution >= 0.6 is 0 Å². The van der Waals surface area contributed by atoms with Crippen molar-refractivity contribution in [2.24, 2.45) is 0 Å². The van der Waals surface area contributed by atoms with Crippen LogP contribution in [0.25, 0.3) is 0 Å². The maximum Gasteiger partial charge on any atom is 0.0826 e. The third-order valence-corrected chi connectivity index (χ3v) is 4.30. The first-order valence-corrected chi connectivity index (χ1v) is 7.47. The lowest BCUT2D eigenvalue weighted by Gasteiger charge is -2.33. The Morgan fingerprint density at radius 1 is 1.44 bits per heavy atom. The molecule has 2 rings (SSSR count). The van der Waals surface area contributed by atoms with Crippen molar-refractivity contribution >= 4 is 0 Å². The Kier molecular flexibility index (Phi) is 5.42. The number of likely N-dealkylation sites (N-methyl/N-ethyl adjacent to an activating group) is 2. The molecule has 1 aliphatic heterocycles. The van der Waals surface area contributed by atoms with Crippen LogP contribution in [0, 0.1) is 0 Å².